The van der Waals surface area contributed by atoms with Crippen LogP contribution in [0.2, 0.25) is 4.34 Å². The number of hydrogen-bond acceptors (Lipinski definition) is 4. The van der Waals surface area contributed by atoms with Crippen LogP contribution in [0.4, 0.5) is 0 Å². The molecular formula is C8H7ClO3S. The molecule has 0 saturated heterocycles. The van der Waals surface area contributed by atoms with Gasteiger partial charge in [-0.05, 0) is 18.4 Å². The predicted molar refractivity (Wildman–Crippen MR) is 50.3 cm³/mol. The van der Waals surface area contributed by atoms with E-state index in [-0.39, 0.29) is 12.2 Å². The van der Waals surface area contributed by atoms with Gasteiger partial charge in [-0.15, -0.1) is 11.3 Å². The van der Waals surface area contributed by atoms with Crippen LogP contribution >= 0.6 is 22.9 Å². The molecular weight excluding hydrogens is 212 g/mol. The first-order valence-electron chi connectivity index (χ1n) is 3.61. The topological polar surface area (TPSA) is 43.4 Å². The third-order valence-electron chi connectivity index (χ3n) is 1.32. The van der Waals surface area contributed by atoms with E-state index in [1.54, 1.807) is 12.3 Å². The highest BCUT2D eigenvalue weighted by Crippen LogP contribution is 2.23. The van der Waals surface area contributed by atoms with Crippen LogP contribution in [0.15, 0.2) is 11.4 Å². The Labute approximate surface area is 84.3 Å². The minimum Gasteiger partial charge on any atom is -0.460 e. The van der Waals surface area contributed by atoms with Gasteiger partial charge in [0.05, 0.1) is 12.2 Å². The summed E-state index contributed by atoms with van der Waals surface area (Å²) < 4.78 is 4.86. The second kappa shape index (κ2) is 4.39. The number of Topliss-reactive ketones (excluding diaryl/α,β-unsaturated/α-hetero) is 1. The summed E-state index contributed by atoms with van der Waals surface area (Å²) in [5.41, 5.74) is 0.213. The summed E-state index contributed by atoms with van der Waals surface area (Å²) in [4.78, 5) is 22.2. The highest BCUT2D eigenvalue weighted by Gasteiger charge is 2.20. The zero-order valence-corrected chi connectivity index (χ0v) is 8.45. The second-order valence-corrected chi connectivity index (χ2v) is 3.68. The molecule has 0 bridgehead atoms. The van der Waals surface area contributed by atoms with Crippen molar-refractivity contribution in [2.24, 2.45) is 0 Å². The molecule has 0 radical (unpaired) electrons. The van der Waals surface area contributed by atoms with Crippen molar-refractivity contribution in [1.29, 1.82) is 0 Å². The largest absolute Gasteiger partial charge is 0.460 e. The van der Waals surface area contributed by atoms with Gasteiger partial charge in [-0.2, -0.15) is 0 Å². The molecule has 70 valence electrons. The highest BCUT2D eigenvalue weighted by atomic mass is 35.5. The van der Waals surface area contributed by atoms with Gasteiger partial charge < -0.3 is 4.74 Å². The molecule has 0 amide bonds. The molecule has 0 fully saturated rings. The van der Waals surface area contributed by atoms with Crippen LogP contribution in [-0.2, 0) is 9.53 Å². The van der Waals surface area contributed by atoms with E-state index >= 15 is 0 Å². The minimum atomic E-state index is -0.859. The Morgan fingerprint density at radius 3 is 2.77 bits per heavy atom. The van der Waals surface area contributed by atoms with Crippen LogP contribution in [0, 0.1) is 0 Å². The lowest BCUT2D eigenvalue weighted by Gasteiger charge is -1.98. The van der Waals surface area contributed by atoms with E-state index in [1.807, 2.05) is 0 Å². The summed E-state index contributed by atoms with van der Waals surface area (Å²) in [6.07, 6.45) is 0. The molecule has 3 nitrogen and oxygen atoms in total. The lowest BCUT2D eigenvalue weighted by atomic mass is 10.2. The SMILES string of the molecule is CCOC(=O)C(=O)c1ccsc1Cl. The standard InChI is InChI=1S/C8H7ClO3S/c1-2-12-8(11)6(10)5-3-4-13-7(5)9/h3-4H,2H2,1H3. The zero-order valence-electron chi connectivity index (χ0n) is 6.87. The molecule has 0 atom stereocenters. The van der Waals surface area contributed by atoms with Crippen LogP contribution in [-0.4, -0.2) is 18.4 Å². The number of carbonyl (C=O) groups is 2. The molecule has 0 aliphatic rings. The second-order valence-electron chi connectivity index (χ2n) is 2.16. The third kappa shape index (κ3) is 2.29. The summed E-state index contributed by atoms with van der Waals surface area (Å²) in [5.74, 6) is -1.55. The predicted octanol–water partition coefficient (Wildman–Crippen LogP) is 2.15. The molecule has 5 heteroatoms. The Bertz CT molecular complexity index is 332. The summed E-state index contributed by atoms with van der Waals surface area (Å²) in [5, 5.41) is 1.65. The van der Waals surface area contributed by atoms with Crippen molar-refractivity contribution >= 4 is 34.7 Å². The van der Waals surface area contributed by atoms with E-state index in [9.17, 15) is 9.59 Å². The fourth-order valence-electron chi connectivity index (χ4n) is 0.762. The van der Waals surface area contributed by atoms with Gasteiger partial charge in [-0.1, -0.05) is 11.6 Å². The molecule has 0 aliphatic heterocycles. The van der Waals surface area contributed by atoms with Gasteiger partial charge in [-0.3, -0.25) is 4.79 Å². The van der Waals surface area contributed by atoms with Crippen molar-refractivity contribution < 1.29 is 14.3 Å². The fourth-order valence-corrected chi connectivity index (χ4v) is 1.68. The van der Waals surface area contributed by atoms with Crippen LogP contribution < -0.4 is 0 Å². The maximum absolute atomic E-state index is 11.3. The minimum absolute atomic E-state index is 0.187. The Balaban J connectivity index is 2.80. The molecule has 0 aromatic carbocycles. The molecule has 0 N–H and O–H groups in total. The van der Waals surface area contributed by atoms with Crippen LogP contribution in [0.3, 0.4) is 0 Å². The van der Waals surface area contributed by atoms with Gasteiger partial charge in [0.25, 0.3) is 5.78 Å². The van der Waals surface area contributed by atoms with Crippen molar-refractivity contribution in [3.8, 4) is 0 Å². The number of thiophene rings is 1. The van der Waals surface area contributed by atoms with Crippen LogP contribution in [0.5, 0.6) is 0 Å². The first-order chi connectivity index (χ1) is 6.16. The van der Waals surface area contributed by atoms with Crippen molar-refractivity contribution in [2.45, 2.75) is 6.92 Å². The number of esters is 1. The van der Waals surface area contributed by atoms with Gasteiger partial charge in [-0.25, -0.2) is 4.79 Å². The van der Waals surface area contributed by atoms with E-state index in [2.05, 4.69) is 4.74 Å². The molecule has 1 aromatic heterocycles. The van der Waals surface area contributed by atoms with E-state index < -0.39 is 11.8 Å². The maximum Gasteiger partial charge on any atom is 0.379 e. The van der Waals surface area contributed by atoms with E-state index in [0.717, 1.165) is 0 Å². The maximum atomic E-state index is 11.3. The molecule has 0 spiro atoms. The van der Waals surface area contributed by atoms with E-state index in [0.29, 0.717) is 4.34 Å². The number of carbonyl (C=O) groups excluding carboxylic acids is 2. The number of ether oxygens (including phenoxy) is 1. The average molecular weight is 219 g/mol. The molecule has 0 saturated carbocycles. The van der Waals surface area contributed by atoms with Crippen molar-refractivity contribution in [1.82, 2.24) is 0 Å². The van der Waals surface area contributed by atoms with Gasteiger partial charge in [0.1, 0.15) is 4.34 Å². The lowest BCUT2D eigenvalue weighted by molar-refractivity contribution is -0.137. The highest BCUT2D eigenvalue weighted by molar-refractivity contribution is 7.14. The van der Waals surface area contributed by atoms with Gasteiger partial charge in [0.2, 0.25) is 0 Å². The Kier molecular flexibility index (Phi) is 3.45. The number of ketones is 1. The molecule has 13 heavy (non-hydrogen) atoms. The van der Waals surface area contributed by atoms with Gasteiger partial charge >= 0.3 is 5.97 Å². The molecule has 0 unspecified atom stereocenters. The molecule has 1 heterocycles. The fraction of sp³-hybridized carbons (Fsp3) is 0.250. The third-order valence-corrected chi connectivity index (χ3v) is 2.49. The van der Waals surface area contributed by atoms with Crippen LogP contribution in [0.1, 0.15) is 17.3 Å². The Morgan fingerprint density at radius 2 is 2.31 bits per heavy atom. The number of rotatable bonds is 3. The van der Waals surface area contributed by atoms with Crippen molar-refractivity contribution in [3.05, 3.63) is 21.3 Å². The first-order valence-corrected chi connectivity index (χ1v) is 4.87. The number of hydrogen-bond donors (Lipinski definition) is 0. The normalized spacial score (nSPS) is 9.69. The quantitative estimate of drug-likeness (QED) is 0.444. The smallest absolute Gasteiger partial charge is 0.379 e. The van der Waals surface area contributed by atoms with Gasteiger partial charge in [0, 0.05) is 0 Å². The zero-order chi connectivity index (χ0) is 9.84. The summed E-state index contributed by atoms with van der Waals surface area (Å²) in [6.45, 7) is 1.83. The Morgan fingerprint density at radius 1 is 1.62 bits per heavy atom. The first kappa shape index (κ1) is 10.2. The summed E-state index contributed by atoms with van der Waals surface area (Å²) in [6, 6.07) is 1.51. The van der Waals surface area contributed by atoms with Gasteiger partial charge in [0.15, 0.2) is 0 Å². The monoisotopic (exact) mass is 218 g/mol. The number of halogens is 1. The van der Waals surface area contributed by atoms with E-state index in [1.165, 1.54) is 17.4 Å². The van der Waals surface area contributed by atoms with Crippen LogP contribution in [0.25, 0.3) is 0 Å². The molecule has 1 rings (SSSR count). The lowest BCUT2D eigenvalue weighted by Crippen LogP contribution is -2.17. The summed E-state index contributed by atoms with van der Waals surface area (Å²) in [7, 11) is 0. The van der Waals surface area contributed by atoms with Crippen molar-refractivity contribution in [2.75, 3.05) is 6.61 Å². The Hall–Kier alpha value is -0.870. The average Bonchev–Trinajstić information content (AvgIpc) is 2.50. The van der Waals surface area contributed by atoms with E-state index in [4.69, 9.17) is 11.6 Å². The molecule has 0 aliphatic carbocycles. The summed E-state index contributed by atoms with van der Waals surface area (Å²) >= 11 is 6.87. The van der Waals surface area contributed by atoms with Crippen molar-refractivity contribution in [3.63, 3.8) is 0 Å². The molecule has 1 aromatic rings.